The summed E-state index contributed by atoms with van der Waals surface area (Å²) in [5.41, 5.74) is 2.79. The van der Waals surface area contributed by atoms with Crippen molar-refractivity contribution in [3.05, 3.63) is 46.2 Å². The molecule has 2 aliphatic rings. The number of hydrogen-bond donors (Lipinski definition) is 0. The predicted molar refractivity (Wildman–Crippen MR) is 94.0 cm³/mol. The van der Waals surface area contributed by atoms with Crippen LogP contribution >= 0.6 is 15.9 Å². The molecule has 0 bridgehead atoms. The van der Waals surface area contributed by atoms with Gasteiger partial charge in [0.15, 0.2) is 0 Å². The largest absolute Gasteiger partial charge is 0.378 e. The first kappa shape index (κ1) is 14.9. The summed E-state index contributed by atoms with van der Waals surface area (Å²) in [7, 11) is 0. The van der Waals surface area contributed by atoms with Gasteiger partial charge in [0.05, 0.1) is 13.2 Å². The number of aromatic nitrogens is 2. The van der Waals surface area contributed by atoms with Gasteiger partial charge in [-0.05, 0) is 23.6 Å². The summed E-state index contributed by atoms with van der Waals surface area (Å²) in [4.78, 5) is 13.5. The van der Waals surface area contributed by atoms with E-state index < -0.39 is 0 Å². The summed E-state index contributed by atoms with van der Waals surface area (Å²) in [6.45, 7) is 5.21. The minimum Gasteiger partial charge on any atom is -0.378 e. The zero-order valence-corrected chi connectivity index (χ0v) is 14.5. The molecule has 0 aliphatic carbocycles. The highest BCUT2D eigenvalue weighted by molar-refractivity contribution is 9.10. The van der Waals surface area contributed by atoms with Crippen molar-refractivity contribution in [2.45, 2.75) is 13.0 Å². The number of benzene rings is 1. The first-order chi connectivity index (χ1) is 11.3. The second-order valence-electron chi connectivity index (χ2n) is 5.88. The van der Waals surface area contributed by atoms with Crippen LogP contribution in [0.1, 0.15) is 11.1 Å². The Kier molecular flexibility index (Phi) is 4.18. The van der Waals surface area contributed by atoms with Crippen LogP contribution in [-0.2, 0) is 17.7 Å². The van der Waals surface area contributed by atoms with E-state index in [1.165, 1.54) is 15.6 Å². The number of halogens is 1. The molecule has 3 heterocycles. The maximum absolute atomic E-state index is 5.42. The molecule has 1 aromatic heterocycles. The van der Waals surface area contributed by atoms with E-state index in [2.05, 4.69) is 60.0 Å². The zero-order valence-electron chi connectivity index (χ0n) is 12.9. The van der Waals surface area contributed by atoms with Crippen molar-refractivity contribution in [3.63, 3.8) is 0 Å². The van der Waals surface area contributed by atoms with Crippen LogP contribution in [-0.4, -0.2) is 42.8 Å². The van der Waals surface area contributed by atoms with Gasteiger partial charge in [0.1, 0.15) is 18.0 Å². The van der Waals surface area contributed by atoms with Gasteiger partial charge in [0.2, 0.25) is 0 Å². The molecule has 0 amide bonds. The summed E-state index contributed by atoms with van der Waals surface area (Å²) >= 11 is 3.66. The third-order valence-electron chi connectivity index (χ3n) is 4.51. The van der Waals surface area contributed by atoms with Gasteiger partial charge in [-0.3, -0.25) is 0 Å². The Hall–Kier alpha value is -1.66. The van der Waals surface area contributed by atoms with Crippen LogP contribution in [0.5, 0.6) is 0 Å². The maximum Gasteiger partial charge on any atom is 0.134 e. The minimum atomic E-state index is 0.768. The molecule has 6 heteroatoms. The number of fused-ring (bicyclic) bond motifs is 1. The molecule has 0 saturated carbocycles. The Labute approximate surface area is 144 Å². The molecule has 1 saturated heterocycles. The number of anilines is 2. The smallest absolute Gasteiger partial charge is 0.134 e. The van der Waals surface area contributed by atoms with Crippen LogP contribution in [0.25, 0.3) is 0 Å². The van der Waals surface area contributed by atoms with Gasteiger partial charge in [0, 0.05) is 36.7 Å². The third kappa shape index (κ3) is 3.05. The molecule has 5 nitrogen and oxygen atoms in total. The Morgan fingerprint density at radius 1 is 1.00 bits per heavy atom. The summed E-state index contributed by atoms with van der Waals surface area (Å²) in [6, 6.07) is 8.53. The second kappa shape index (κ2) is 6.45. The van der Waals surface area contributed by atoms with Crippen molar-refractivity contribution < 1.29 is 4.74 Å². The van der Waals surface area contributed by atoms with Crippen molar-refractivity contribution in [2.75, 3.05) is 42.6 Å². The summed E-state index contributed by atoms with van der Waals surface area (Å²) in [5, 5.41) is 0. The van der Waals surface area contributed by atoms with E-state index in [0.717, 1.165) is 57.4 Å². The fourth-order valence-electron chi connectivity index (χ4n) is 3.23. The fourth-order valence-corrected chi connectivity index (χ4v) is 3.84. The highest BCUT2D eigenvalue weighted by Crippen LogP contribution is 2.29. The summed E-state index contributed by atoms with van der Waals surface area (Å²) < 4.78 is 6.63. The molecule has 1 fully saturated rings. The van der Waals surface area contributed by atoms with Crippen molar-refractivity contribution in [1.82, 2.24) is 9.97 Å². The summed E-state index contributed by atoms with van der Waals surface area (Å²) in [5.74, 6) is 2.01. The Balaban J connectivity index is 1.57. The lowest BCUT2D eigenvalue weighted by molar-refractivity contribution is 0.122. The first-order valence-electron chi connectivity index (χ1n) is 7.97. The van der Waals surface area contributed by atoms with Crippen molar-refractivity contribution in [3.8, 4) is 0 Å². The number of hydrogen-bond acceptors (Lipinski definition) is 5. The van der Waals surface area contributed by atoms with Gasteiger partial charge < -0.3 is 14.5 Å². The Morgan fingerprint density at radius 2 is 1.78 bits per heavy atom. The summed E-state index contributed by atoms with van der Waals surface area (Å²) in [6.07, 6.45) is 2.71. The molecule has 0 N–H and O–H groups in total. The lowest BCUT2D eigenvalue weighted by Gasteiger charge is -2.32. The van der Waals surface area contributed by atoms with Gasteiger partial charge in [0.25, 0.3) is 0 Å². The van der Waals surface area contributed by atoms with Crippen LogP contribution in [0.3, 0.4) is 0 Å². The molecule has 2 aliphatic heterocycles. The first-order valence-corrected chi connectivity index (χ1v) is 8.76. The van der Waals surface area contributed by atoms with E-state index in [1.807, 2.05) is 0 Å². The number of rotatable bonds is 2. The third-order valence-corrected chi connectivity index (χ3v) is 5.25. The molecule has 23 heavy (non-hydrogen) atoms. The normalized spacial score (nSPS) is 18.0. The molecular formula is C17H19BrN4O. The molecule has 2 aromatic rings. The molecule has 4 rings (SSSR count). The number of nitrogens with zero attached hydrogens (tertiary/aromatic N) is 4. The predicted octanol–water partition coefficient (Wildman–Crippen LogP) is 2.64. The Morgan fingerprint density at radius 3 is 2.61 bits per heavy atom. The van der Waals surface area contributed by atoms with Crippen LogP contribution in [0.15, 0.2) is 35.1 Å². The monoisotopic (exact) mass is 374 g/mol. The highest BCUT2D eigenvalue weighted by atomic mass is 79.9. The molecular weight excluding hydrogens is 356 g/mol. The molecule has 0 unspecified atom stereocenters. The molecule has 0 atom stereocenters. The molecule has 1 aromatic carbocycles. The Bertz CT molecular complexity index is 703. The fraction of sp³-hybridized carbons (Fsp3) is 0.412. The average molecular weight is 375 g/mol. The zero-order chi connectivity index (χ0) is 15.6. The van der Waals surface area contributed by atoms with E-state index in [-0.39, 0.29) is 0 Å². The van der Waals surface area contributed by atoms with Crippen LogP contribution in [0, 0.1) is 0 Å². The van der Waals surface area contributed by atoms with Gasteiger partial charge in [-0.1, -0.05) is 28.1 Å². The van der Waals surface area contributed by atoms with E-state index in [0.29, 0.717) is 0 Å². The van der Waals surface area contributed by atoms with E-state index in [4.69, 9.17) is 4.74 Å². The van der Waals surface area contributed by atoms with Crippen LogP contribution < -0.4 is 9.80 Å². The number of morpholine rings is 1. The van der Waals surface area contributed by atoms with Crippen LogP contribution in [0.2, 0.25) is 0 Å². The SMILES string of the molecule is Brc1cccc2c1CCN(c1cc(N3CCOCC3)ncn1)C2. The molecule has 120 valence electrons. The molecule has 0 spiro atoms. The van der Waals surface area contributed by atoms with Gasteiger partial charge in [-0.2, -0.15) is 0 Å². The quantitative estimate of drug-likeness (QED) is 0.807. The molecule has 0 radical (unpaired) electrons. The van der Waals surface area contributed by atoms with E-state index in [9.17, 15) is 0 Å². The lowest BCUT2D eigenvalue weighted by Crippen LogP contribution is -2.37. The van der Waals surface area contributed by atoms with Crippen LogP contribution in [0.4, 0.5) is 11.6 Å². The van der Waals surface area contributed by atoms with Crippen molar-refractivity contribution >= 4 is 27.6 Å². The number of ether oxygens (including phenoxy) is 1. The minimum absolute atomic E-state index is 0.768. The topological polar surface area (TPSA) is 41.5 Å². The maximum atomic E-state index is 5.42. The van der Waals surface area contributed by atoms with E-state index >= 15 is 0 Å². The van der Waals surface area contributed by atoms with E-state index in [1.54, 1.807) is 6.33 Å². The highest BCUT2D eigenvalue weighted by Gasteiger charge is 2.20. The standard InChI is InChI=1S/C17H19BrN4O/c18-15-3-1-2-13-11-22(5-4-14(13)15)17-10-16(19-12-20-17)21-6-8-23-9-7-21/h1-3,10,12H,4-9,11H2. The van der Waals surface area contributed by atoms with Gasteiger partial charge >= 0.3 is 0 Å². The van der Waals surface area contributed by atoms with Crippen molar-refractivity contribution in [2.24, 2.45) is 0 Å². The van der Waals surface area contributed by atoms with Gasteiger partial charge in [-0.15, -0.1) is 0 Å². The van der Waals surface area contributed by atoms with Crippen molar-refractivity contribution in [1.29, 1.82) is 0 Å². The van der Waals surface area contributed by atoms with Gasteiger partial charge in [-0.25, -0.2) is 9.97 Å². The average Bonchev–Trinajstić information content (AvgIpc) is 2.62. The lowest BCUT2D eigenvalue weighted by atomic mass is 10.00. The second-order valence-corrected chi connectivity index (χ2v) is 6.74.